The molecule has 0 aliphatic carbocycles. The molecule has 12 heavy (non-hydrogen) atoms. The molecule has 2 heteroatoms. The van der Waals surface area contributed by atoms with Crippen molar-refractivity contribution in [2.45, 2.75) is 39.2 Å². The summed E-state index contributed by atoms with van der Waals surface area (Å²) in [5.41, 5.74) is 5.84. The molecule has 1 aliphatic rings. The Morgan fingerprint density at radius 1 is 1.42 bits per heavy atom. The molecular weight excluding hydrogens is 148 g/mol. The van der Waals surface area contributed by atoms with E-state index in [0.717, 1.165) is 12.5 Å². The number of hydrogen-bond donors (Lipinski definition) is 1. The molecule has 0 unspecified atom stereocenters. The van der Waals surface area contributed by atoms with Gasteiger partial charge in [-0.25, -0.2) is 0 Å². The molecule has 72 valence electrons. The minimum absolute atomic E-state index is 0.444. The van der Waals surface area contributed by atoms with E-state index in [1.165, 1.54) is 32.4 Å². The number of hydrogen-bond acceptors (Lipinski definition) is 2. The molecule has 0 aromatic rings. The minimum Gasteiger partial charge on any atom is -0.326 e. The molecular formula is C10H22N2. The zero-order valence-corrected chi connectivity index (χ0v) is 8.42. The average Bonchev–Trinajstić information content (AvgIpc) is 2.47. The Morgan fingerprint density at radius 2 is 2.08 bits per heavy atom. The van der Waals surface area contributed by atoms with E-state index in [-0.39, 0.29) is 0 Å². The normalized spacial score (nSPS) is 25.5. The zero-order chi connectivity index (χ0) is 8.97. The summed E-state index contributed by atoms with van der Waals surface area (Å²) in [6.07, 6.45) is 3.81. The van der Waals surface area contributed by atoms with Gasteiger partial charge in [0.2, 0.25) is 0 Å². The third-order valence-electron chi connectivity index (χ3n) is 2.98. The average molecular weight is 170 g/mol. The molecule has 0 radical (unpaired) electrons. The summed E-state index contributed by atoms with van der Waals surface area (Å²) in [6, 6.07) is 0.444. The van der Waals surface area contributed by atoms with Crippen molar-refractivity contribution in [3.63, 3.8) is 0 Å². The van der Waals surface area contributed by atoms with Crippen molar-refractivity contribution in [2.24, 2.45) is 11.7 Å². The Morgan fingerprint density at radius 3 is 2.50 bits per heavy atom. The first-order valence-corrected chi connectivity index (χ1v) is 5.24. The third-order valence-corrected chi connectivity index (χ3v) is 2.98. The second kappa shape index (κ2) is 4.83. The van der Waals surface area contributed by atoms with Gasteiger partial charge in [0.15, 0.2) is 0 Å². The van der Waals surface area contributed by atoms with Crippen LogP contribution in [0.5, 0.6) is 0 Å². The summed E-state index contributed by atoms with van der Waals surface area (Å²) in [4.78, 5) is 2.52. The zero-order valence-electron chi connectivity index (χ0n) is 8.42. The predicted octanol–water partition coefficient (Wildman–Crippen LogP) is 1.46. The van der Waals surface area contributed by atoms with Crippen molar-refractivity contribution in [1.82, 2.24) is 4.90 Å². The molecule has 1 rings (SSSR count). The van der Waals surface area contributed by atoms with E-state index >= 15 is 0 Å². The molecule has 0 bridgehead atoms. The van der Waals surface area contributed by atoms with Crippen LogP contribution in [0.15, 0.2) is 0 Å². The van der Waals surface area contributed by atoms with E-state index in [9.17, 15) is 0 Å². The lowest BCUT2D eigenvalue weighted by atomic mass is 10.0. The van der Waals surface area contributed by atoms with Gasteiger partial charge in [0.1, 0.15) is 0 Å². The van der Waals surface area contributed by atoms with E-state index < -0.39 is 0 Å². The summed E-state index contributed by atoms with van der Waals surface area (Å²) >= 11 is 0. The Bertz CT molecular complexity index is 121. The molecule has 0 spiro atoms. The smallest absolute Gasteiger partial charge is 0.0180 e. The molecule has 0 aromatic carbocycles. The first-order valence-electron chi connectivity index (χ1n) is 5.24. The molecule has 1 fully saturated rings. The fraction of sp³-hybridized carbons (Fsp3) is 1.00. The third kappa shape index (κ3) is 2.76. The van der Waals surface area contributed by atoms with Gasteiger partial charge in [-0.1, -0.05) is 26.7 Å². The van der Waals surface area contributed by atoms with Crippen LogP contribution in [0.2, 0.25) is 0 Å². The van der Waals surface area contributed by atoms with Crippen molar-refractivity contribution >= 4 is 0 Å². The molecule has 1 atom stereocenters. The summed E-state index contributed by atoms with van der Waals surface area (Å²) in [6.45, 7) is 8.17. The van der Waals surface area contributed by atoms with Gasteiger partial charge in [-0.3, -0.25) is 0 Å². The first kappa shape index (κ1) is 10.0. The quantitative estimate of drug-likeness (QED) is 0.692. The maximum absolute atomic E-state index is 5.84. The van der Waals surface area contributed by atoms with Crippen LogP contribution in [0.3, 0.4) is 0 Å². The van der Waals surface area contributed by atoms with Crippen LogP contribution in [0.4, 0.5) is 0 Å². The summed E-state index contributed by atoms with van der Waals surface area (Å²) in [5.74, 6) is 0.885. The number of rotatable bonds is 4. The van der Waals surface area contributed by atoms with Crippen molar-refractivity contribution < 1.29 is 0 Å². The second-order valence-corrected chi connectivity index (χ2v) is 3.99. The van der Waals surface area contributed by atoms with Gasteiger partial charge in [0.05, 0.1) is 0 Å². The lowest BCUT2D eigenvalue weighted by Gasteiger charge is -2.21. The van der Waals surface area contributed by atoms with E-state index in [1.807, 2.05) is 0 Å². The van der Waals surface area contributed by atoms with Crippen LogP contribution >= 0.6 is 0 Å². The van der Waals surface area contributed by atoms with Gasteiger partial charge in [-0.15, -0.1) is 0 Å². The second-order valence-electron chi connectivity index (χ2n) is 3.99. The van der Waals surface area contributed by atoms with Gasteiger partial charge in [0, 0.05) is 19.1 Å². The summed E-state index contributed by atoms with van der Waals surface area (Å²) < 4.78 is 0. The summed E-state index contributed by atoms with van der Waals surface area (Å²) in [7, 11) is 0. The van der Waals surface area contributed by atoms with Crippen LogP contribution < -0.4 is 5.73 Å². The van der Waals surface area contributed by atoms with Gasteiger partial charge in [-0.2, -0.15) is 0 Å². The van der Waals surface area contributed by atoms with Crippen LogP contribution in [-0.2, 0) is 0 Å². The Balaban J connectivity index is 2.21. The standard InChI is InChI=1S/C10H22N2/c1-3-9(4-2)7-12-6-5-10(11)8-12/h9-10H,3-8,11H2,1-2H3/t10-/m0/s1. The van der Waals surface area contributed by atoms with E-state index in [2.05, 4.69) is 18.7 Å². The molecule has 1 heterocycles. The van der Waals surface area contributed by atoms with Gasteiger partial charge in [-0.05, 0) is 18.9 Å². The molecule has 2 N–H and O–H groups in total. The first-order chi connectivity index (χ1) is 5.76. The van der Waals surface area contributed by atoms with Gasteiger partial charge >= 0.3 is 0 Å². The predicted molar refractivity (Wildman–Crippen MR) is 53.1 cm³/mol. The maximum Gasteiger partial charge on any atom is 0.0180 e. The Labute approximate surface area is 76.1 Å². The van der Waals surface area contributed by atoms with Gasteiger partial charge in [0.25, 0.3) is 0 Å². The van der Waals surface area contributed by atoms with Crippen molar-refractivity contribution in [1.29, 1.82) is 0 Å². The molecule has 1 aliphatic heterocycles. The lowest BCUT2D eigenvalue weighted by Crippen LogP contribution is -2.30. The highest BCUT2D eigenvalue weighted by Crippen LogP contribution is 2.14. The highest BCUT2D eigenvalue weighted by Gasteiger charge is 2.20. The van der Waals surface area contributed by atoms with Crippen LogP contribution in [0.1, 0.15) is 33.1 Å². The van der Waals surface area contributed by atoms with Crippen molar-refractivity contribution in [2.75, 3.05) is 19.6 Å². The van der Waals surface area contributed by atoms with E-state index in [0.29, 0.717) is 6.04 Å². The van der Waals surface area contributed by atoms with Crippen LogP contribution in [0, 0.1) is 5.92 Å². The fourth-order valence-electron chi connectivity index (χ4n) is 1.94. The number of nitrogens with two attached hydrogens (primary N) is 1. The topological polar surface area (TPSA) is 29.3 Å². The molecule has 1 saturated heterocycles. The Hall–Kier alpha value is -0.0800. The van der Waals surface area contributed by atoms with E-state index in [4.69, 9.17) is 5.73 Å². The highest BCUT2D eigenvalue weighted by atomic mass is 15.2. The summed E-state index contributed by atoms with van der Waals surface area (Å²) in [5, 5.41) is 0. The number of nitrogens with zero attached hydrogens (tertiary/aromatic N) is 1. The van der Waals surface area contributed by atoms with E-state index in [1.54, 1.807) is 0 Å². The highest BCUT2D eigenvalue weighted by molar-refractivity contribution is 4.78. The SMILES string of the molecule is CCC(CC)CN1CC[C@H](N)C1. The minimum atomic E-state index is 0.444. The van der Waals surface area contributed by atoms with Gasteiger partial charge < -0.3 is 10.6 Å². The molecule has 0 amide bonds. The van der Waals surface area contributed by atoms with Crippen molar-refractivity contribution in [3.05, 3.63) is 0 Å². The van der Waals surface area contributed by atoms with Crippen molar-refractivity contribution in [3.8, 4) is 0 Å². The molecule has 2 nitrogen and oxygen atoms in total. The largest absolute Gasteiger partial charge is 0.326 e. The fourth-order valence-corrected chi connectivity index (χ4v) is 1.94. The van der Waals surface area contributed by atoms with Crippen LogP contribution in [-0.4, -0.2) is 30.6 Å². The maximum atomic E-state index is 5.84. The molecule has 0 aromatic heterocycles. The monoisotopic (exact) mass is 170 g/mol. The lowest BCUT2D eigenvalue weighted by molar-refractivity contribution is 0.266. The number of likely N-dealkylation sites (tertiary alicyclic amines) is 1. The Kier molecular flexibility index (Phi) is 4.02. The molecule has 0 saturated carbocycles. The van der Waals surface area contributed by atoms with Crippen LogP contribution in [0.25, 0.3) is 0 Å².